The van der Waals surface area contributed by atoms with Gasteiger partial charge < -0.3 is 10.2 Å². The molecule has 1 amide bonds. The zero-order valence-electron chi connectivity index (χ0n) is 19.0. The monoisotopic (exact) mass is 492 g/mol. The van der Waals surface area contributed by atoms with E-state index >= 15 is 0 Å². The van der Waals surface area contributed by atoms with Crippen molar-refractivity contribution in [2.75, 3.05) is 24.2 Å². The molecule has 2 aromatic heterocycles. The van der Waals surface area contributed by atoms with Crippen molar-refractivity contribution >= 4 is 27.4 Å². The lowest BCUT2D eigenvalue weighted by Gasteiger charge is -2.27. The van der Waals surface area contributed by atoms with Crippen LogP contribution in [0.3, 0.4) is 0 Å². The number of amides is 1. The Morgan fingerprint density at radius 3 is 2.76 bits per heavy atom. The van der Waals surface area contributed by atoms with Gasteiger partial charge in [0.25, 0.3) is 5.91 Å². The molecule has 1 atom stereocenters. The van der Waals surface area contributed by atoms with Gasteiger partial charge in [-0.1, -0.05) is 0 Å². The molecule has 1 unspecified atom stereocenters. The van der Waals surface area contributed by atoms with E-state index in [1.54, 1.807) is 26.1 Å². The van der Waals surface area contributed by atoms with Crippen LogP contribution in [0.4, 0.5) is 14.6 Å². The van der Waals surface area contributed by atoms with Gasteiger partial charge in [-0.15, -0.1) is 0 Å². The highest BCUT2D eigenvalue weighted by Gasteiger charge is 2.30. The van der Waals surface area contributed by atoms with Crippen molar-refractivity contribution in [3.05, 3.63) is 59.4 Å². The summed E-state index contributed by atoms with van der Waals surface area (Å²) in [6.07, 6.45) is 5.50. The molecule has 1 fully saturated rings. The van der Waals surface area contributed by atoms with Crippen molar-refractivity contribution in [3.8, 4) is 0 Å². The summed E-state index contributed by atoms with van der Waals surface area (Å²) < 4.78 is 54.9. The molecule has 2 N–H and O–H groups in total. The number of nitrogens with zero attached hydrogens (tertiary/aromatic N) is 4. The Morgan fingerprint density at radius 2 is 2.03 bits per heavy atom. The molecule has 0 radical (unpaired) electrons. The first-order valence-corrected chi connectivity index (χ1v) is 12.7. The Labute approximate surface area is 196 Å². The van der Waals surface area contributed by atoms with Gasteiger partial charge >= 0.3 is 0 Å². The summed E-state index contributed by atoms with van der Waals surface area (Å²) >= 11 is 0. The Kier molecular flexibility index (Phi) is 6.30. The molecule has 12 heteroatoms. The molecule has 0 bridgehead atoms. The number of fused-ring (bicyclic) bond motifs is 1. The summed E-state index contributed by atoms with van der Waals surface area (Å²) in [5.74, 6) is -0.927. The third-order valence-electron chi connectivity index (χ3n) is 5.69. The van der Waals surface area contributed by atoms with Crippen LogP contribution in [0.5, 0.6) is 0 Å². The molecule has 4 rings (SSSR count). The number of carbonyl (C=O) groups excluding carboxylic acids is 1. The van der Waals surface area contributed by atoms with E-state index in [9.17, 15) is 22.0 Å². The van der Waals surface area contributed by atoms with E-state index in [2.05, 4.69) is 20.1 Å². The van der Waals surface area contributed by atoms with Gasteiger partial charge in [0, 0.05) is 30.4 Å². The van der Waals surface area contributed by atoms with Crippen molar-refractivity contribution in [1.82, 2.24) is 24.6 Å². The number of carbonyl (C=O) groups is 1. The van der Waals surface area contributed by atoms with Crippen LogP contribution in [0.2, 0.25) is 0 Å². The van der Waals surface area contributed by atoms with E-state index in [4.69, 9.17) is 0 Å². The maximum absolute atomic E-state index is 14.5. The number of benzene rings is 1. The van der Waals surface area contributed by atoms with Gasteiger partial charge in [0.1, 0.15) is 23.0 Å². The average Bonchev–Trinajstić information content (AvgIpc) is 3.40. The van der Waals surface area contributed by atoms with Gasteiger partial charge in [0.15, 0.2) is 5.65 Å². The number of rotatable bonds is 7. The molecule has 9 nitrogen and oxygen atoms in total. The van der Waals surface area contributed by atoms with Crippen LogP contribution in [-0.2, 0) is 10.0 Å². The first-order valence-electron chi connectivity index (χ1n) is 10.8. The highest BCUT2D eigenvalue weighted by molar-refractivity contribution is 7.88. The van der Waals surface area contributed by atoms with Crippen LogP contribution in [0.1, 0.15) is 48.7 Å². The molecule has 1 saturated heterocycles. The number of hydrogen-bond donors (Lipinski definition) is 2. The molecule has 1 aliphatic rings. The minimum atomic E-state index is -3.42. The predicted molar refractivity (Wildman–Crippen MR) is 123 cm³/mol. The number of nitrogens with one attached hydrogen (secondary N) is 2. The molecule has 0 spiro atoms. The average molecular weight is 493 g/mol. The molecule has 1 aromatic carbocycles. The smallest absolute Gasteiger partial charge is 0.257 e. The zero-order valence-corrected chi connectivity index (χ0v) is 19.9. The summed E-state index contributed by atoms with van der Waals surface area (Å²) in [6.45, 7) is 3.99. The van der Waals surface area contributed by atoms with Crippen LogP contribution in [0.25, 0.3) is 5.65 Å². The minimum Gasteiger partial charge on any atom is -0.349 e. The summed E-state index contributed by atoms with van der Waals surface area (Å²) in [4.78, 5) is 19.5. The Morgan fingerprint density at radius 1 is 1.26 bits per heavy atom. The Balaban J connectivity index is 1.61. The van der Waals surface area contributed by atoms with E-state index < -0.39 is 33.1 Å². The number of anilines is 1. The Hall–Kier alpha value is -3.12. The zero-order chi connectivity index (χ0) is 24.7. The molecule has 0 saturated carbocycles. The molecule has 1 aliphatic heterocycles. The number of sulfonamides is 1. The topological polar surface area (TPSA) is 109 Å². The highest BCUT2D eigenvalue weighted by atomic mass is 32.2. The molecule has 34 heavy (non-hydrogen) atoms. The normalized spacial score (nSPS) is 16.9. The van der Waals surface area contributed by atoms with E-state index in [0.29, 0.717) is 24.4 Å². The fourth-order valence-electron chi connectivity index (χ4n) is 4.04. The van der Waals surface area contributed by atoms with Crippen molar-refractivity contribution in [2.24, 2.45) is 0 Å². The fourth-order valence-corrected chi connectivity index (χ4v) is 4.67. The van der Waals surface area contributed by atoms with Crippen LogP contribution < -0.4 is 14.9 Å². The summed E-state index contributed by atoms with van der Waals surface area (Å²) in [7, 11) is -3.42. The molecular formula is C22H26F2N6O3S. The van der Waals surface area contributed by atoms with Crippen molar-refractivity contribution in [2.45, 2.75) is 38.3 Å². The lowest BCUT2D eigenvalue weighted by Crippen LogP contribution is -2.51. The molecular weight excluding hydrogens is 466 g/mol. The van der Waals surface area contributed by atoms with E-state index in [1.165, 1.54) is 16.8 Å². The molecule has 3 heterocycles. The standard InChI is InChI=1S/C22H26F2N6O3S/c1-22(2,13-26-34(3,32)33)28-21(31)16-12-25-30-10-8-19(27-20(16)30)29-9-4-5-18(29)15-11-14(23)6-7-17(15)24/h6-8,10-12,18,26H,4-5,9,13H2,1-3H3,(H,28,31). The first kappa shape index (κ1) is 24.0. The van der Waals surface area contributed by atoms with Crippen LogP contribution in [0, 0.1) is 11.6 Å². The summed E-state index contributed by atoms with van der Waals surface area (Å²) in [5.41, 5.74) is -0.0963. The molecule has 0 aliphatic carbocycles. The third kappa shape index (κ3) is 5.17. The van der Waals surface area contributed by atoms with E-state index in [1.807, 2.05) is 4.90 Å². The van der Waals surface area contributed by atoms with Crippen molar-refractivity contribution in [1.29, 1.82) is 0 Å². The van der Waals surface area contributed by atoms with E-state index in [-0.39, 0.29) is 23.7 Å². The van der Waals surface area contributed by atoms with E-state index in [0.717, 1.165) is 24.8 Å². The second-order valence-electron chi connectivity index (χ2n) is 9.06. The second-order valence-corrected chi connectivity index (χ2v) is 10.9. The largest absolute Gasteiger partial charge is 0.349 e. The van der Waals surface area contributed by atoms with Crippen LogP contribution in [0.15, 0.2) is 36.7 Å². The van der Waals surface area contributed by atoms with Crippen molar-refractivity contribution in [3.63, 3.8) is 0 Å². The fraction of sp³-hybridized carbons (Fsp3) is 0.409. The Bertz CT molecular complexity index is 1340. The number of aromatic nitrogens is 3. The van der Waals surface area contributed by atoms with Crippen LogP contribution in [-0.4, -0.2) is 53.8 Å². The lowest BCUT2D eigenvalue weighted by molar-refractivity contribution is 0.0915. The van der Waals surface area contributed by atoms with Gasteiger partial charge in [0.2, 0.25) is 10.0 Å². The van der Waals surface area contributed by atoms with Gasteiger partial charge in [-0.25, -0.2) is 31.4 Å². The van der Waals surface area contributed by atoms with Gasteiger partial charge in [-0.05, 0) is 51.0 Å². The predicted octanol–water partition coefficient (Wildman–Crippen LogP) is 2.41. The van der Waals surface area contributed by atoms with Gasteiger partial charge in [-0.3, -0.25) is 4.79 Å². The van der Waals surface area contributed by atoms with Gasteiger partial charge in [-0.2, -0.15) is 5.10 Å². The number of halogens is 2. The second kappa shape index (κ2) is 8.91. The molecule has 182 valence electrons. The third-order valence-corrected chi connectivity index (χ3v) is 6.36. The van der Waals surface area contributed by atoms with Crippen molar-refractivity contribution < 1.29 is 22.0 Å². The summed E-state index contributed by atoms with van der Waals surface area (Å²) in [5, 5.41) is 6.98. The number of hydrogen-bond acceptors (Lipinski definition) is 6. The maximum Gasteiger partial charge on any atom is 0.257 e. The van der Waals surface area contributed by atoms with Gasteiger partial charge in [0.05, 0.1) is 18.5 Å². The maximum atomic E-state index is 14.5. The quantitative estimate of drug-likeness (QED) is 0.524. The summed E-state index contributed by atoms with van der Waals surface area (Å²) in [6, 6.07) is 4.76. The first-order chi connectivity index (χ1) is 15.9. The lowest BCUT2D eigenvalue weighted by atomic mass is 10.0. The van der Waals surface area contributed by atoms with Crippen LogP contribution >= 0.6 is 0 Å². The minimum absolute atomic E-state index is 0.00409. The molecule has 3 aromatic rings. The highest BCUT2D eigenvalue weighted by Crippen LogP contribution is 2.36. The SMILES string of the molecule is CC(C)(CNS(C)(=O)=O)NC(=O)c1cnn2ccc(N3CCCC3c3cc(F)ccc3F)nc12.